The Morgan fingerprint density at radius 2 is 2.10 bits per heavy atom. The summed E-state index contributed by atoms with van der Waals surface area (Å²) >= 11 is 0. The second-order valence-corrected chi connectivity index (χ2v) is 4.54. The van der Waals surface area contributed by atoms with Gasteiger partial charge in [-0.15, -0.1) is 0 Å². The summed E-state index contributed by atoms with van der Waals surface area (Å²) in [7, 11) is 0. The Hall–Kier alpha value is -2.15. The maximum atomic E-state index is 12.4. The lowest BCUT2D eigenvalue weighted by Gasteiger charge is -2.21. The average Bonchev–Trinajstić information content (AvgIpc) is 2.46. The molecular formula is C14H21N3O4. The zero-order valence-electron chi connectivity index (χ0n) is 12.3. The van der Waals surface area contributed by atoms with Crippen molar-refractivity contribution in [3.63, 3.8) is 0 Å². The first-order chi connectivity index (χ1) is 10.0. The first-order valence-corrected chi connectivity index (χ1v) is 6.97. The average molecular weight is 295 g/mol. The molecule has 0 unspecified atom stereocenters. The zero-order valence-corrected chi connectivity index (χ0v) is 12.3. The third-order valence-corrected chi connectivity index (χ3v) is 2.96. The van der Waals surface area contributed by atoms with E-state index in [0.717, 1.165) is 6.42 Å². The van der Waals surface area contributed by atoms with Crippen LogP contribution in [0.15, 0.2) is 18.2 Å². The summed E-state index contributed by atoms with van der Waals surface area (Å²) in [6.45, 7) is 4.96. The molecule has 0 radical (unpaired) electrons. The van der Waals surface area contributed by atoms with Crippen molar-refractivity contribution in [3.05, 3.63) is 33.9 Å². The summed E-state index contributed by atoms with van der Waals surface area (Å²) < 4.78 is 0. The van der Waals surface area contributed by atoms with Crippen LogP contribution in [0.2, 0.25) is 0 Å². The van der Waals surface area contributed by atoms with Crippen molar-refractivity contribution < 1.29 is 14.8 Å². The minimum atomic E-state index is -0.482. The van der Waals surface area contributed by atoms with Crippen molar-refractivity contribution in [3.8, 4) is 0 Å². The topological polar surface area (TPSA) is 95.7 Å². The van der Waals surface area contributed by atoms with Gasteiger partial charge in [0.15, 0.2) is 0 Å². The number of aliphatic hydroxyl groups excluding tert-OH is 1. The predicted octanol–water partition coefficient (Wildman–Crippen LogP) is 1.87. The number of aliphatic hydroxyl groups is 1. The summed E-state index contributed by atoms with van der Waals surface area (Å²) in [6.07, 6.45) is 0.777. The van der Waals surface area contributed by atoms with Gasteiger partial charge in [-0.05, 0) is 25.5 Å². The highest BCUT2D eigenvalue weighted by molar-refractivity contribution is 5.96. The van der Waals surface area contributed by atoms with Gasteiger partial charge in [0.2, 0.25) is 0 Å². The van der Waals surface area contributed by atoms with Crippen LogP contribution in [0.1, 0.15) is 30.6 Å². The van der Waals surface area contributed by atoms with Crippen molar-refractivity contribution in [1.82, 2.24) is 4.90 Å². The second-order valence-electron chi connectivity index (χ2n) is 4.54. The van der Waals surface area contributed by atoms with Crippen LogP contribution in [0, 0.1) is 10.1 Å². The Morgan fingerprint density at radius 1 is 1.38 bits per heavy atom. The highest BCUT2D eigenvalue weighted by atomic mass is 16.6. The molecule has 0 aromatic heterocycles. The normalized spacial score (nSPS) is 10.2. The van der Waals surface area contributed by atoms with Crippen LogP contribution in [-0.4, -0.2) is 47.1 Å². The van der Waals surface area contributed by atoms with Crippen LogP contribution in [-0.2, 0) is 0 Å². The van der Waals surface area contributed by atoms with Crippen LogP contribution < -0.4 is 5.32 Å². The number of rotatable bonds is 8. The minimum Gasteiger partial charge on any atom is -0.395 e. The molecule has 0 spiro atoms. The van der Waals surface area contributed by atoms with E-state index in [1.54, 1.807) is 0 Å². The van der Waals surface area contributed by atoms with Gasteiger partial charge in [-0.3, -0.25) is 14.9 Å². The molecule has 0 saturated heterocycles. The lowest BCUT2D eigenvalue weighted by Crippen LogP contribution is -2.34. The van der Waals surface area contributed by atoms with E-state index in [1.807, 2.05) is 13.8 Å². The quantitative estimate of drug-likeness (QED) is 0.564. The highest BCUT2D eigenvalue weighted by Gasteiger charge is 2.19. The number of carbonyl (C=O) groups is 1. The molecule has 7 heteroatoms. The lowest BCUT2D eigenvalue weighted by molar-refractivity contribution is -0.384. The second kappa shape index (κ2) is 8.21. The molecule has 0 atom stereocenters. The fourth-order valence-corrected chi connectivity index (χ4v) is 2.05. The zero-order chi connectivity index (χ0) is 15.8. The molecule has 0 aliphatic rings. The van der Waals surface area contributed by atoms with Crippen LogP contribution in [0.5, 0.6) is 0 Å². The lowest BCUT2D eigenvalue weighted by atomic mass is 10.1. The summed E-state index contributed by atoms with van der Waals surface area (Å²) in [5, 5.41) is 22.9. The van der Waals surface area contributed by atoms with E-state index in [-0.39, 0.29) is 24.7 Å². The monoisotopic (exact) mass is 295 g/mol. The van der Waals surface area contributed by atoms with E-state index >= 15 is 0 Å². The number of carbonyl (C=O) groups excluding carboxylic acids is 1. The van der Waals surface area contributed by atoms with Gasteiger partial charge in [0.05, 0.1) is 11.5 Å². The molecule has 7 nitrogen and oxygen atoms in total. The highest BCUT2D eigenvalue weighted by Crippen LogP contribution is 2.26. The molecule has 1 aromatic carbocycles. The van der Waals surface area contributed by atoms with E-state index < -0.39 is 4.92 Å². The molecule has 1 amide bonds. The van der Waals surface area contributed by atoms with Gasteiger partial charge in [-0.2, -0.15) is 0 Å². The van der Waals surface area contributed by atoms with Crippen molar-refractivity contribution in [2.75, 3.05) is 31.6 Å². The molecule has 0 aliphatic carbocycles. The third kappa shape index (κ3) is 4.42. The SMILES string of the molecule is CCCN(CCO)C(=O)c1ccc([N+](=O)[O-])c(NCC)c1. The molecule has 0 aliphatic heterocycles. The van der Waals surface area contributed by atoms with Gasteiger partial charge in [-0.25, -0.2) is 0 Å². The minimum absolute atomic E-state index is 0.0578. The maximum Gasteiger partial charge on any atom is 0.292 e. The largest absolute Gasteiger partial charge is 0.395 e. The van der Waals surface area contributed by atoms with Gasteiger partial charge in [0.25, 0.3) is 11.6 Å². The standard InChI is InChI=1S/C14H21N3O4/c1-3-7-16(8-9-18)14(19)11-5-6-13(17(20)21)12(10-11)15-4-2/h5-6,10,15,18H,3-4,7-9H2,1-2H3. The van der Waals surface area contributed by atoms with E-state index in [2.05, 4.69) is 5.32 Å². The van der Waals surface area contributed by atoms with E-state index in [4.69, 9.17) is 5.11 Å². The van der Waals surface area contributed by atoms with Crippen LogP contribution in [0.25, 0.3) is 0 Å². The van der Waals surface area contributed by atoms with Gasteiger partial charge in [0.1, 0.15) is 5.69 Å². The van der Waals surface area contributed by atoms with Crippen molar-refractivity contribution >= 4 is 17.3 Å². The number of nitrogens with one attached hydrogen (secondary N) is 1. The first kappa shape index (κ1) is 16.9. The third-order valence-electron chi connectivity index (χ3n) is 2.96. The van der Waals surface area contributed by atoms with Crippen molar-refractivity contribution in [2.24, 2.45) is 0 Å². The molecule has 116 valence electrons. The summed E-state index contributed by atoms with van der Waals surface area (Å²) in [4.78, 5) is 24.4. The van der Waals surface area contributed by atoms with Crippen LogP contribution >= 0.6 is 0 Å². The van der Waals surface area contributed by atoms with Crippen molar-refractivity contribution in [1.29, 1.82) is 0 Å². The summed E-state index contributed by atoms with van der Waals surface area (Å²) in [5.41, 5.74) is 0.643. The molecule has 1 rings (SSSR count). The number of anilines is 1. The number of amides is 1. The van der Waals surface area contributed by atoms with E-state index in [9.17, 15) is 14.9 Å². The maximum absolute atomic E-state index is 12.4. The fourth-order valence-electron chi connectivity index (χ4n) is 2.05. The fraction of sp³-hybridized carbons (Fsp3) is 0.500. The first-order valence-electron chi connectivity index (χ1n) is 6.97. The Balaban J connectivity index is 3.08. The van der Waals surface area contributed by atoms with E-state index in [1.165, 1.54) is 23.1 Å². The number of nitro groups is 1. The van der Waals surface area contributed by atoms with E-state index in [0.29, 0.717) is 24.3 Å². The molecule has 2 N–H and O–H groups in total. The van der Waals surface area contributed by atoms with Crippen molar-refractivity contribution in [2.45, 2.75) is 20.3 Å². The number of hydrogen-bond donors (Lipinski definition) is 2. The number of benzene rings is 1. The van der Waals surface area contributed by atoms with Gasteiger partial charge in [0, 0.05) is 31.3 Å². The Kier molecular flexibility index (Phi) is 6.61. The molecule has 1 aromatic rings. The molecule has 0 fully saturated rings. The molecule has 21 heavy (non-hydrogen) atoms. The summed E-state index contributed by atoms with van der Waals surface area (Å²) in [6, 6.07) is 4.26. The molecular weight excluding hydrogens is 274 g/mol. The number of hydrogen-bond acceptors (Lipinski definition) is 5. The van der Waals surface area contributed by atoms with Gasteiger partial charge >= 0.3 is 0 Å². The molecule has 0 saturated carbocycles. The Morgan fingerprint density at radius 3 is 2.62 bits per heavy atom. The molecule has 0 heterocycles. The van der Waals surface area contributed by atoms with Gasteiger partial charge in [-0.1, -0.05) is 6.92 Å². The van der Waals surface area contributed by atoms with Gasteiger partial charge < -0.3 is 15.3 Å². The Labute approximate surface area is 123 Å². The number of nitrogens with zero attached hydrogens (tertiary/aromatic N) is 2. The smallest absolute Gasteiger partial charge is 0.292 e. The Bertz CT molecular complexity index is 499. The molecule has 0 bridgehead atoms. The van der Waals surface area contributed by atoms with Crippen LogP contribution in [0.4, 0.5) is 11.4 Å². The number of nitro benzene ring substituents is 1. The summed E-state index contributed by atoms with van der Waals surface area (Å²) in [5.74, 6) is -0.236. The predicted molar refractivity (Wildman–Crippen MR) is 80.5 cm³/mol. The van der Waals surface area contributed by atoms with Crippen LogP contribution in [0.3, 0.4) is 0 Å².